The average Bonchev–Trinajstić information content (AvgIpc) is 1.58. The van der Waals surface area contributed by atoms with Crippen molar-refractivity contribution in [3.63, 3.8) is 0 Å². The third-order valence-corrected chi connectivity index (χ3v) is 20.9. The molecule has 0 bridgehead atoms. The fraction of sp³-hybridized carbons (Fsp3) is 0.214. The Balaban J connectivity index is 0.000000122. The number of aromatic nitrogens is 3. The first-order valence-electron chi connectivity index (χ1n) is 34.9. The van der Waals surface area contributed by atoms with Gasteiger partial charge >= 0.3 is 17.9 Å². The SMILES string of the molecule is O=C(O)c1ccc(-c2c(C3CCOCC3)n(-c3ccc(F)cc3)c3cc4c(cc23)CN=C4)c(F)c1.O=C(O)c1ccc(-c2c(C3CCOCC3)n(-c3ccc(F)cc3)c3cc4c(cc23)CN=C4)c(F)c1F.O=C(O)c1ccc(-c2c(C3CCOCC3)n(-c3ccc(F)cc3)c3cc4c(cc23)CN=C4)cc1F. The number of carbonyl (C=O) groups is 3. The maximum absolute atomic E-state index is 15.6. The molecule has 0 aliphatic carbocycles. The number of aromatic carboxylic acids is 3. The van der Waals surface area contributed by atoms with Crippen LogP contribution in [-0.4, -0.2) is 105 Å². The monoisotopic (exact) mass is 1430 g/mol. The lowest BCUT2D eigenvalue weighted by Crippen LogP contribution is -2.17. The van der Waals surface area contributed by atoms with Crippen LogP contribution in [-0.2, 0) is 33.8 Å². The summed E-state index contributed by atoms with van der Waals surface area (Å²) in [6.07, 6.45) is 9.93. The Kier molecular flexibility index (Phi) is 18.5. The number of aliphatic imine (C=N–C) groups is 3. The number of rotatable bonds is 12. The molecule has 3 aromatic heterocycles. The van der Waals surface area contributed by atoms with Gasteiger partial charge in [0.25, 0.3) is 0 Å². The predicted octanol–water partition coefficient (Wildman–Crippen LogP) is 18.4. The summed E-state index contributed by atoms with van der Waals surface area (Å²) < 4.78 is 125. The molecule has 0 spiro atoms. The molecular formula is C84H65F7N6O9. The summed E-state index contributed by atoms with van der Waals surface area (Å²) in [6.45, 7) is 5.07. The van der Waals surface area contributed by atoms with Crippen LogP contribution in [0.15, 0.2) is 173 Å². The number of benzene rings is 9. The van der Waals surface area contributed by atoms with Gasteiger partial charge in [0.05, 0.1) is 52.9 Å². The van der Waals surface area contributed by atoms with Crippen LogP contribution >= 0.6 is 0 Å². The molecular weight excluding hydrogens is 1370 g/mol. The first kappa shape index (κ1) is 68.8. The second-order valence-electron chi connectivity index (χ2n) is 27.1. The van der Waals surface area contributed by atoms with Crippen LogP contribution in [0.5, 0.6) is 0 Å². The molecule has 15 nitrogen and oxygen atoms in total. The van der Waals surface area contributed by atoms with Gasteiger partial charge in [-0.1, -0.05) is 18.2 Å². The first-order chi connectivity index (χ1) is 51.5. The van der Waals surface area contributed by atoms with Crippen molar-refractivity contribution in [1.29, 1.82) is 0 Å². The highest BCUT2D eigenvalue weighted by atomic mass is 19.2. The minimum absolute atomic E-state index is 0.0104. The van der Waals surface area contributed by atoms with Crippen molar-refractivity contribution in [2.45, 2.75) is 75.9 Å². The summed E-state index contributed by atoms with van der Waals surface area (Å²) >= 11 is 0. The molecule has 0 amide bonds. The van der Waals surface area contributed by atoms with E-state index in [0.29, 0.717) is 99.9 Å². The van der Waals surface area contributed by atoms with Gasteiger partial charge in [0, 0.05) is 154 Å². The normalized spacial score (nSPS) is 15.6. The summed E-state index contributed by atoms with van der Waals surface area (Å²) in [5.41, 5.74) is 15.4. The van der Waals surface area contributed by atoms with Gasteiger partial charge < -0.3 is 43.2 Å². The number of fused-ring (bicyclic) bond motifs is 6. The molecule has 3 saturated heterocycles. The molecule has 0 unspecified atom stereocenters. The molecule has 106 heavy (non-hydrogen) atoms. The zero-order valence-electron chi connectivity index (χ0n) is 56.7. The van der Waals surface area contributed by atoms with Crippen LogP contribution < -0.4 is 0 Å². The van der Waals surface area contributed by atoms with Crippen LogP contribution in [0.3, 0.4) is 0 Å². The summed E-state index contributed by atoms with van der Waals surface area (Å²) in [4.78, 5) is 47.4. The number of ether oxygens (including phenoxy) is 3. The van der Waals surface area contributed by atoms with Gasteiger partial charge in [0.15, 0.2) is 11.6 Å². The lowest BCUT2D eigenvalue weighted by molar-refractivity contribution is 0.0680. The van der Waals surface area contributed by atoms with Crippen molar-refractivity contribution in [1.82, 2.24) is 13.7 Å². The third kappa shape index (κ3) is 12.6. The number of carboxylic acid groups (broad SMARTS) is 3. The highest BCUT2D eigenvalue weighted by Gasteiger charge is 2.35. The second kappa shape index (κ2) is 28.5. The fourth-order valence-corrected chi connectivity index (χ4v) is 15.9. The third-order valence-electron chi connectivity index (χ3n) is 20.9. The van der Waals surface area contributed by atoms with Crippen LogP contribution in [0.4, 0.5) is 30.7 Å². The standard InChI is InChI=1S/C28H21F3N2O3.2C28H22F2N2O3/c29-18-1-3-19(4-2-18)33-23-12-17-14-32-13-16(17)11-22(23)24(27(33)15-7-9-36-10-8-15)20-5-6-21(28(34)35)26(31)25(20)30;29-20-2-4-21(5-3-20)32-25-13-19-15-31-14-18(19)11-23(25)26(27(32)16-7-9-35-10-8-16)22-6-1-17(28(33)34)12-24(22)30;29-20-2-4-21(5-3-20)32-25-13-19-15-31-14-18(19)11-23(25)26(27(32)16-7-9-35-10-8-16)17-1-6-22(28(33)34)24(30)12-17/h1-6,11-12,14-15H,7-10,13H2,(H,34,35);2*1-6,11-13,15-16H,7-10,14H2,(H,33,34). The Bertz CT molecular complexity index is 5650. The molecule has 6 aliphatic heterocycles. The van der Waals surface area contributed by atoms with Crippen LogP contribution in [0.1, 0.15) is 138 Å². The van der Waals surface area contributed by atoms with Crippen molar-refractivity contribution in [2.24, 2.45) is 15.0 Å². The smallest absolute Gasteiger partial charge is 0.338 e. The molecule has 9 aromatic carbocycles. The summed E-state index contributed by atoms with van der Waals surface area (Å²) in [5.74, 6) is -8.86. The Labute approximate surface area is 601 Å². The van der Waals surface area contributed by atoms with E-state index in [4.69, 9.17) is 14.2 Å². The van der Waals surface area contributed by atoms with Gasteiger partial charge in [-0.3, -0.25) is 15.0 Å². The van der Waals surface area contributed by atoms with Gasteiger partial charge in [-0.25, -0.2) is 45.1 Å². The minimum Gasteiger partial charge on any atom is -0.478 e. The number of nitrogens with zero attached hydrogens (tertiary/aromatic N) is 6. The molecule has 12 aromatic rings. The van der Waals surface area contributed by atoms with Crippen molar-refractivity contribution >= 4 is 69.3 Å². The topological polar surface area (TPSA) is 191 Å². The average molecular weight is 1440 g/mol. The molecule has 0 atom stereocenters. The molecule has 22 heteroatoms. The quantitative estimate of drug-likeness (QED) is 0.0999. The van der Waals surface area contributed by atoms with Crippen LogP contribution in [0.25, 0.3) is 83.2 Å². The molecule has 0 saturated carbocycles. The lowest BCUT2D eigenvalue weighted by Gasteiger charge is -2.26. The molecule has 0 radical (unpaired) electrons. The molecule has 3 fully saturated rings. The van der Waals surface area contributed by atoms with E-state index in [2.05, 4.69) is 48.4 Å². The highest BCUT2D eigenvalue weighted by molar-refractivity contribution is 6.07. The Morgan fingerprint density at radius 2 is 0.736 bits per heavy atom. The van der Waals surface area contributed by atoms with E-state index >= 15 is 8.78 Å². The Morgan fingerprint density at radius 3 is 1.11 bits per heavy atom. The van der Waals surface area contributed by atoms with Gasteiger partial charge in [0.2, 0.25) is 0 Å². The highest BCUT2D eigenvalue weighted by Crippen LogP contribution is 2.50. The number of hydrogen-bond donors (Lipinski definition) is 3. The van der Waals surface area contributed by atoms with Crippen molar-refractivity contribution in [3.05, 3.63) is 266 Å². The molecule has 18 rings (SSSR count). The lowest BCUT2D eigenvalue weighted by atomic mass is 9.89. The van der Waals surface area contributed by atoms with Crippen molar-refractivity contribution < 1.29 is 74.6 Å². The fourth-order valence-electron chi connectivity index (χ4n) is 15.9. The summed E-state index contributed by atoms with van der Waals surface area (Å²) in [5, 5.41) is 30.5. The number of halogens is 7. The van der Waals surface area contributed by atoms with Gasteiger partial charge in [-0.2, -0.15) is 0 Å². The predicted molar refractivity (Wildman–Crippen MR) is 389 cm³/mol. The van der Waals surface area contributed by atoms with E-state index < -0.39 is 46.7 Å². The van der Waals surface area contributed by atoms with E-state index in [1.54, 1.807) is 54.7 Å². The maximum atomic E-state index is 15.6. The van der Waals surface area contributed by atoms with Gasteiger partial charge in [-0.15, -0.1) is 0 Å². The van der Waals surface area contributed by atoms with E-state index in [-0.39, 0.29) is 51.9 Å². The van der Waals surface area contributed by atoms with E-state index in [9.17, 15) is 51.7 Å². The minimum atomic E-state index is -1.54. The van der Waals surface area contributed by atoms with Crippen molar-refractivity contribution in [3.8, 4) is 50.4 Å². The number of carboxylic acids is 3. The largest absolute Gasteiger partial charge is 0.478 e. The van der Waals surface area contributed by atoms with E-state index in [1.165, 1.54) is 60.7 Å². The Morgan fingerprint density at radius 1 is 0.368 bits per heavy atom. The summed E-state index contributed by atoms with van der Waals surface area (Å²) in [6, 6.07) is 41.7. The van der Waals surface area contributed by atoms with Crippen LogP contribution in [0, 0.1) is 40.7 Å². The second-order valence-corrected chi connectivity index (χ2v) is 27.1. The van der Waals surface area contributed by atoms with Gasteiger partial charge in [0.1, 0.15) is 29.1 Å². The first-order valence-corrected chi connectivity index (χ1v) is 34.9. The van der Waals surface area contributed by atoms with E-state index in [1.807, 2.05) is 29.1 Å². The van der Waals surface area contributed by atoms with Gasteiger partial charge in [-0.05, 0) is 217 Å². The molecule has 3 N–H and O–H groups in total. The maximum Gasteiger partial charge on any atom is 0.338 e. The molecule has 9 heterocycles. The zero-order chi connectivity index (χ0) is 73.2. The van der Waals surface area contributed by atoms with Crippen molar-refractivity contribution in [2.75, 3.05) is 39.6 Å². The number of hydrogen-bond acceptors (Lipinski definition) is 9. The summed E-state index contributed by atoms with van der Waals surface area (Å²) in [7, 11) is 0. The van der Waals surface area contributed by atoms with E-state index in [0.717, 1.165) is 138 Å². The zero-order valence-corrected chi connectivity index (χ0v) is 56.7. The molecule has 6 aliphatic rings. The molecule has 534 valence electrons. The Hall–Kier alpha value is -11.6. The van der Waals surface area contributed by atoms with Crippen LogP contribution in [0.2, 0.25) is 0 Å².